The molecule has 5 nitrogen and oxygen atoms in total. The summed E-state index contributed by atoms with van der Waals surface area (Å²) in [4.78, 5) is 28.4. The van der Waals surface area contributed by atoms with E-state index in [9.17, 15) is 9.59 Å². The molecule has 1 amide bonds. The van der Waals surface area contributed by atoms with Crippen LogP contribution in [0.15, 0.2) is 29.1 Å². The van der Waals surface area contributed by atoms with E-state index in [1.807, 2.05) is 12.1 Å². The second-order valence-electron chi connectivity index (χ2n) is 6.52. The van der Waals surface area contributed by atoms with Crippen LogP contribution in [0.4, 0.5) is 0 Å². The van der Waals surface area contributed by atoms with Gasteiger partial charge in [0.2, 0.25) is 5.91 Å². The van der Waals surface area contributed by atoms with E-state index in [0.717, 1.165) is 25.7 Å². The average Bonchev–Trinajstić information content (AvgIpc) is 2.83. The third kappa shape index (κ3) is 3.43. The average molecular weight is 345 g/mol. The Labute approximate surface area is 146 Å². The summed E-state index contributed by atoms with van der Waals surface area (Å²) in [5.41, 5.74) is 0.470. The van der Waals surface area contributed by atoms with Crippen molar-refractivity contribution in [3.05, 3.63) is 39.4 Å². The van der Waals surface area contributed by atoms with Crippen molar-refractivity contribution >= 4 is 29.0 Å². The Morgan fingerprint density at radius 1 is 1.25 bits per heavy atom. The molecule has 1 aromatic carbocycles. The number of para-hydroxylation sites is 1. The predicted molar refractivity (Wildman–Crippen MR) is 97.7 cm³/mol. The minimum Gasteiger partial charge on any atom is -0.352 e. The normalized spacial score (nSPS) is 17.4. The zero-order chi connectivity index (χ0) is 17.1. The van der Waals surface area contributed by atoms with Crippen LogP contribution in [0.3, 0.4) is 0 Å². The number of aromatic nitrogens is 2. The number of aromatic amines is 1. The standard InChI is InChI=1S/C18H23N3O2S/c1-12(16(22)19-13-8-4-2-3-5-9-13)21-17(23)14-10-6-7-11-15(14)20-18(21)24/h6-7,10-13H,2-5,8-9H2,1H3,(H,19,22)(H,20,24)/t12-/m0/s1. The quantitative estimate of drug-likeness (QED) is 0.661. The van der Waals surface area contributed by atoms with E-state index in [1.165, 1.54) is 17.4 Å². The maximum absolute atomic E-state index is 12.7. The lowest BCUT2D eigenvalue weighted by Gasteiger charge is -2.21. The summed E-state index contributed by atoms with van der Waals surface area (Å²) in [6.45, 7) is 1.73. The molecule has 128 valence electrons. The Kier molecular flexibility index (Phi) is 5.14. The van der Waals surface area contributed by atoms with E-state index in [4.69, 9.17) is 12.2 Å². The van der Waals surface area contributed by atoms with Gasteiger partial charge in [-0.2, -0.15) is 0 Å². The van der Waals surface area contributed by atoms with E-state index < -0.39 is 6.04 Å². The van der Waals surface area contributed by atoms with Crippen LogP contribution in [0.2, 0.25) is 0 Å². The van der Waals surface area contributed by atoms with Gasteiger partial charge in [-0.1, -0.05) is 37.8 Å². The summed E-state index contributed by atoms with van der Waals surface area (Å²) in [5.74, 6) is -0.140. The Morgan fingerprint density at radius 3 is 2.62 bits per heavy atom. The van der Waals surface area contributed by atoms with Gasteiger partial charge in [-0.3, -0.25) is 14.2 Å². The molecule has 6 heteroatoms. The molecule has 1 saturated carbocycles. The van der Waals surface area contributed by atoms with Crippen LogP contribution in [-0.4, -0.2) is 21.5 Å². The monoisotopic (exact) mass is 345 g/mol. The van der Waals surface area contributed by atoms with Gasteiger partial charge in [-0.15, -0.1) is 0 Å². The zero-order valence-corrected chi connectivity index (χ0v) is 14.7. The highest BCUT2D eigenvalue weighted by Crippen LogP contribution is 2.18. The molecule has 2 N–H and O–H groups in total. The Hall–Kier alpha value is -1.95. The molecule has 0 saturated heterocycles. The first-order valence-electron chi connectivity index (χ1n) is 8.62. The summed E-state index contributed by atoms with van der Waals surface area (Å²) >= 11 is 5.32. The molecule has 0 aliphatic heterocycles. The highest BCUT2D eigenvalue weighted by Gasteiger charge is 2.22. The van der Waals surface area contributed by atoms with Crippen molar-refractivity contribution in [2.45, 2.75) is 57.5 Å². The van der Waals surface area contributed by atoms with Crippen LogP contribution in [0.5, 0.6) is 0 Å². The van der Waals surface area contributed by atoms with E-state index in [0.29, 0.717) is 10.9 Å². The van der Waals surface area contributed by atoms with Gasteiger partial charge in [-0.25, -0.2) is 0 Å². The SMILES string of the molecule is C[C@@H](C(=O)NC1CCCCCC1)n1c(=S)[nH]c2ccccc2c1=O. The number of nitrogens with zero attached hydrogens (tertiary/aromatic N) is 1. The molecule has 3 rings (SSSR count). The number of rotatable bonds is 3. The van der Waals surface area contributed by atoms with Gasteiger partial charge >= 0.3 is 0 Å². The number of carbonyl (C=O) groups excluding carboxylic acids is 1. The maximum atomic E-state index is 12.7. The highest BCUT2D eigenvalue weighted by molar-refractivity contribution is 7.71. The van der Waals surface area contributed by atoms with Gasteiger partial charge in [0.05, 0.1) is 10.9 Å². The minimum atomic E-state index is -0.630. The first-order valence-corrected chi connectivity index (χ1v) is 9.02. The number of benzene rings is 1. The predicted octanol–water partition coefficient (Wildman–Crippen LogP) is 3.46. The number of nitrogens with one attached hydrogen (secondary N) is 2. The van der Waals surface area contributed by atoms with Gasteiger partial charge in [0.1, 0.15) is 6.04 Å². The van der Waals surface area contributed by atoms with E-state index in [1.54, 1.807) is 19.1 Å². The van der Waals surface area contributed by atoms with Crippen molar-refractivity contribution in [1.82, 2.24) is 14.9 Å². The van der Waals surface area contributed by atoms with Crippen LogP contribution < -0.4 is 10.9 Å². The minimum absolute atomic E-state index is 0.140. The molecule has 0 unspecified atom stereocenters. The topological polar surface area (TPSA) is 66.9 Å². The Balaban J connectivity index is 1.87. The van der Waals surface area contributed by atoms with E-state index in [-0.39, 0.29) is 22.3 Å². The lowest BCUT2D eigenvalue weighted by atomic mass is 10.1. The number of amides is 1. The Morgan fingerprint density at radius 2 is 1.92 bits per heavy atom. The molecule has 2 aromatic rings. The van der Waals surface area contributed by atoms with Crippen LogP contribution >= 0.6 is 12.2 Å². The molecule has 0 spiro atoms. The first-order chi connectivity index (χ1) is 11.6. The molecule has 0 radical (unpaired) electrons. The van der Waals surface area contributed by atoms with Gasteiger partial charge in [-0.05, 0) is 44.1 Å². The number of carbonyl (C=O) groups is 1. The number of H-pyrrole nitrogens is 1. The molecule has 0 bridgehead atoms. The van der Waals surface area contributed by atoms with Gasteiger partial charge < -0.3 is 10.3 Å². The van der Waals surface area contributed by atoms with Crippen LogP contribution in [-0.2, 0) is 4.79 Å². The second-order valence-corrected chi connectivity index (χ2v) is 6.91. The molecule has 1 atom stereocenters. The number of fused-ring (bicyclic) bond motifs is 1. The summed E-state index contributed by atoms with van der Waals surface area (Å²) in [7, 11) is 0. The summed E-state index contributed by atoms with van der Waals surface area (Å²) < 4.78 is 1.66. The van der Waals surface area contributed by atoms with Crippen molar-refractivity contribution in [2.75, 3.05) is 0 Å². The molecule has 1 heterocycles. The van der Waals surface area contributed by atoms with Gasteiger partial charge in [0.15, 0.2) is 4.77 Å². The fourth-order valence-electron chi connectivity index (χ4n) is 3.39. The molecule has 1 aliphatic rings. The summed E-state index contributed by atoms with van der Waals surface area (Å²) in [6, 6.07) is 6.79. The van der Waals surface area contributed by atoms with Crippen molar-refractivity contribution < 1.29 is 4.79 Å². The van der Waals surface area contributed by atoms with Gasteiger partial charge in [0, 0.05) is 6.04 Å². The molecular formula is C18H23N3O2S. The molecule has 1 aromatic heterocycles. The lowest BCUT2D eigenvalue weighted by molar-refractivity contribution is -0.124. The van der Waals surface area contributed by atoms with E-state index >= 15 is 0 Å². The zero-order valence-electron chi connectivity index (χ0n) is 13.9. The van der Waals surface area contributed by atoms with Crippen molar-refractivity contribution in [2.24, 2.45) is 0 Å². The molecule has 1 fully saturated rings. The van der Waals surface area contributed by atoms with Crippen molar-refractivity contribution in [3.63, 3.8) is 0 Å². The Bertz CT molecular complexity index is 847. The third-order valence-corrected chi connectivity index (χ3v) is 5.10. The van der Waals surface area contributed by atoms with E-state index in [2.05, 4.69) is 10.3 Å². The second kappa shape index (κ2) is 7.30. The highest BCUT2D eigenvalue weighted by atomic mass is 32.1. The summed E-state index contributed by atoms with van der Waals surface area (Å²) in [5, 5.41) is 3.64. The number of hydrogen-bond donors (Lipinski definition) is 2. The van der Waals surface area contributed by atoms with Gasteiger partial charge in [0.25, 0.3) is 5.56 Å². The largest absolute Gasteiger partial charge is 0.352 e. The fourth-order valence-corrected chi connectivity index (χ4v) is 3.74. The summed E-state index contributed by atoms with van der Waals surface area (Å²) in [6.07, 6.45) is 6.79. The third-order valence-electron chi connectivity index (χ3n) is 4.80. The van der Waals surface area contributed by atoms with Crippen molar-refractivity contribution in [1.29, 1.82) is 0 Å². The first kappa shape index (κ1) is 16.9. The smallest absolute Gasteiger partial charge is 0.262 e. The molecule has 1 aliphatic carbocycles. The maximum Gasteiger partial charge on any atom is 0.262 e. The number of hydrogen-bond acceptors (Lipinski definition) is 3. The van der Waals surface area contributed by atoms with Crippen molar-refractivity contribution in [3.8, 4) is 0 Å². The lowest BCUT2D eigenvalue weighted by Crippen LogP contribution is -2.41. The van der Waals surface area contributed by atoms with Crippen LogP contribution in [0.25, 0.3) is 10.9 Å². The molecular weight excluding hydrogens is 322 g/mol. The molecule has 24 heavy (non-hydrogen) atoms. The van der Waals surface area contributed by atoms with Crippen LogP contribution in [0, 0.1) is 4.77 Å². The fraction of sp³-hybridized carbons (Fsp3) is 0.500. The van der Waals surface area contributed by atoms with Crippen LogP contribution in [0.1, 0.15) is 51.5 Å².